The molecule has 1 N–H and O–H groups in total. The van der Waals surface area contributed by atoms with E-state index in [0.29, 0.717) is 10.3 Å². The van der Waals surface area contributed by atoms with Crippen LogP contribution in [0.25, 0.3) is 0 Å². The van der Waals surface area contributed by atoms with E-state index in [9.17, 15) is 9.90 Å². The first-order valence-electron chi connectivity index (χ1n) is 5.15. The second-order valence-electron chi connectivity index (χ2n) is 4.22. The van der Waals surface area contributed by atoms with Crippen LogP contribution < -0.4 is 0 Å². The van der Waals surface area contributed by atoms with Crippen molar-refractivity contribution in [1.29, 1.82) is 0 Å². The quantitative estimate of drug-likeness (QED) is 0.832. The SMILES string of the molecule is COCC1(O)CN(C)C(=O)Cn2nc(Br)cc21. The predicted molar refractivity (Wildman–Crippen MR) is 63.3 cm³/mol. The van der Waals surface area contributed by atoms with Gasteiger partial charge in [-0.25, -0.2) is 0 Å². The summed E-state index contributed by atoms with van der Waals surface area (Å²) in [6.07, 6.45) is 0. The predicted octanol–water partition coefficient (Wildman–Crippen LogP) is -0.0484. The first-order valence-corrected chi connectivity index (χ1v) is 5.95. The van der Waals surface area contributed by atoms with Gasteiger partial charge in [0.05, 0.1) is 18.8 Å². The molecule has 0 spiro atoms. The van der Waals surface area contributed by atoms with E-state index in [1.165, 1.54) is 16.7 Å². The van der Waals surface area contributed by atoms with Gasteiger partial charge in [0.2, 0.25) is 5.91 Å². The zero-order chi connectivity index (χ0) is 12.6. The number of carbonyl (C=O) groups is 1. The molecule has 6 nitrogen and oxygen atoms in total. The van der Waals surface area contributed by atoms with Gasteiger partial charge in [-0.2, -0.15) is 5.10 Å². The number of aromatic nitrogens is 2. The van der Waals surface area contributed by atoms with E-state index < -0.39 is 5.60 Å². The van der Waals surface area contributed by atoms with Gasteiger partial charge >= 0.3 is 0 Å². The Balaban J connectivity index is 2.48. The van der Waals surface area contributed by atoms with Gasteiger partial charge in [0.15, 0.2) is 0 Å². The average molecular weight is 304 g/mol. The molecule has 7 heteroatoms. The van der Waals surface area contributed by atoms with Crippen molar-refractivity contribution in [1.82, 2.24) is 14.7 Å². The molecule has 0 aliphatic carbocycles. The number of ether oxygens (including phenoxy) is 1. The summed E-state index contributed by atoms with van der Waals surface area (Å²) < 4.78 is 7.15. The summed E-state index contributed by atoms with van der Waals surface area (Å²) in [5, 5.41) is 14.7. The molecular weight excluding hydrogens is 290 g/mol. The third kappa shape index (κ3) is 2.22. The topological polar surface area (TPSA) is 67.6 Å². The number of halogens is 1. The fraction of sp³-hybridized carbons (Fsp3) is 0.600. The second kappa shape index (κ2) is 4.40. The number of rotatable bonds is 2. The summed E-state index contributed by atoms with van der Waals surface area (Å²) >= 11 is 3.25. The molecule has 0 radical (unpaired) electrons. The summed E-state index contributed by atoms with van der Waals surface area (Å²) in [5.41, 5.74) is -0.641. The standard InChI is InChI=1S/C10H14BrN3O3/c1-13-5-10(16,6-17-2)7-3-8(11)12-14(7)4-9(13)15/h3,16H,4-6H2,1-2H3. The molecule has 0 bridgehead atoms. The first-order chi connectivity index (χ1) is 7.96. The molecule has 0 saturated carbocycles. The Morgan fingerprint density at radius 3 is 3.06 bits per heavy atom. The van der Waals surface area contributed by atoms with Crippen molar-refractivity contribution >= 4 is 21.8 Å². The molecule has 1 unspecified atom stereocenters. The van der Waals surface area contributed by atoms with Crippen molar-refractivity contribution in [3.8, 4) is 0 Å². The van der Waals surface area contributed by atoms with Gasteiger partial charge < -0.3 is 14.7 Å². The normalized spacial score (nSPS) is 24.7. The number of amides is 1. The van der Waals surface area contributed by atoms with Crippen molar-refractivity contribution < 1.29 is 14.6 Å². The van der Waals surface area contributed by atoms with Crippen LogP contribution in [0, 0.1) is 0 Å². The van der Waals surface area contributed by atoms with Gasteiger partial charge in [-0.1, -0.05) is 0 Å². The van der Waals surface area contributed by atoms with Crippen LogP contribution in [0.3, 0.4) is 0 Å². The van der Waals surface area contributed by atoms with E-state index in [0.717, 1.165) is 0 Å². The molecule has 2 heterocycles. The summed E-state index contributed by atoms with van der Waals surface area (Å²) in [4.78, 5) is 13.3. The third-order valence-corrected chi connectivity index (χ3v) is 3.21. The molecule has 0 saturated heterocycles. The summed E-state index contributed by atoms with van der Waals surface area (Å²) in [6, 6.07) is 1.71. The Labute approximate surface area is 107 Å². The molecule has 1 aliphatic rings. The van der Waals surface area contributed by atoms with Gasteiger partial charge in [-0.3, -0.25) is 9.48 Å². The van der Waals surface area contributed by atoms with Crippen molar-refractivity contribution in [3.63, 3.8) is 0 Å². The second-order valence-corrected chi connectivity index (χ2v) is 5.04. The molecule has 0 fully saturated rings. The fourth-order valence-corrected chi connectivity index (χ4v) is 2.46. The highest BCUT2D eigenvalue weighted by Gasteiger charge is 2.39. The van der Waals surface area contributed by atoms with Gasteiger partial charge in [0.1, 0.15) is 16.7 Å². The number of hydrogen-bond acceptors (Lipinski definition) is 4. The van der Waals surface area contributed by atoms with E-state index in [1.54, 1.807) is 13.1 Å². The van der Waals surface area contributed by atoms with Crippen LogP contribution in [0.15, 0.2) is 10.7 Å². The third-order valence-electron chi connectivity index (χ3n) is 2.82. The number of aliphatic hydroxyl groups is 1. The smallest absolute Gasteiger partial charge is 0.244 e. The number of fused-ring (bicyclic) bond motifs is 1. The van der Waals surface area contributed by atoms with E-state index in [-0.39, 0.29) is 25.6 Å². The molecule has 1 amide bonds. The highest BCUT2D eigenvalue weighted by molar-refractivity contribution is 9.10. The zero-order valence-electron chi connectivity index (χ0n) is 9.68. The van der Waals surface area contributed by atoms with Crippen LogP contribution in [-0.4, -0.2) is 53.0 Å². The number of methoxy groups -OCH3 is 1. The van der Waals surface area contributed by atoms with Crippen LogP contribution in [0.4, 0.5) is 0 Å². The van der Waals surface area contributed by atoms with E-state index >= 15 is 0 Å². The highest BCUT2D eigenvalue weighted by Crippen LogP contribution is 2.27. The molecule has 1 aromatic heterocycles. The first kappa shape index (κ1) is 12.5. The molecule has 1 aromatic rings. The molecule has 1 atom stereocenters. The Morgan fingerprint density at radius 1 is 1.71 bits per heavy atom. The van der Waals surface area contributed by atoms with Crippen molar-refractivity contribution in [2.75, 3.05) is 27.3 Å². The van der Waals surface area contributed by atoms with Crippen molar-refractivity contribution in [2.24, 2.45) is 0 Å². The van der Waals surface area contributed by atoms with E-state index in [4.69, 9.17) is 4.74 Å². The number of carbonyl (C=O) groups excluding carboxylic acids is 1. The number of β-amino-alcohol motifs (C(OH)–C–C–N with tert-alkyl or cyclic N) is 1. The summed E-state index contributed by atoms with van der Waals surface area (Å²) in [6.45, 7) is 0.435. The summed E-state index contributed by atoms with van der Waals surface area (Å²) in [7, 11) is 3.17. The van der Waals surface area contributed by atoms with Crippen molar-refractivity contribution in [3.05, 3.63) is 16.4 Å². The lowest BCUT2D eigenvalue weighted by atomic mass is 10.0. The van der Waals surface area contributed by atoms with E-state index in [1.807, 2.05) is 0 Å². The Hall–Kier alpha value is -0.920. The molecule has 1 aliphatic heterocycles. The average Bonchev–Trinajstić information content (AvgIpc) is 2.56. The fourth-order valence-electron chi connectivity index (χ4n) is 2.05. The maximum atomic E-state index is 11.8. The molecule has 2 rings (SSSR count). The maximum Gasteiger partial charge on any atom is 0.244 e. The lowest BCUT2D eigenvalue weighted by molar-refractivity contribution is -0.133. The Morgan fingerprint density at radius 2 is 2.41 bits per heavy atom. The van der Waals surface area contributed by atoms with Gasteiger partial charge in [-0.05, 0) is 22.0 Å². The van der Waals surface area contributed by atoms with Crippen LogP contribution >= 0.6 is 15.9 Å². The lowest BCUT2D eigenvalue weighted by Crippen LogP contribution is -2.43. The number of hydrogen-bond donors (Lipinski definition) is 1. The van der Waals surface area contributed by atoms with Crippen LogP contribution in [0.2, 0.25) is 0 Å². The highest BCUT2D eigenvalue weighted by atomic mass is 79.9. The largest absolute Gasteiger partial charge is 0.381 e. The zero-order valence-corrected chi connectivity index (χ0v) is 11.3. The Bertz CT molecular complexity index is 448. The minimum atomic E-state index is -1.23. The lowest BCUT2D eigenvalue weighted by Gasteiger charge is -2.28. The van der Waals surface area contributed by atoms with Crippen LogP contribution in [-0.2, 0) is 21.7 Å². The minimum absolute atomic E-state index is 0.0890. The van der Waals surface area contributed by atoms with Gasteiger partial charge in [0, 0.05) is 14.2 Å². The van der Waals surface area contributed by atoms with Crippen LogP contribution in [0.5, 0.6) is 0 Å². The molecule has 0 aromatic carbocycles. The van der Waals surface area contributed by atoms with Crippen LogP contribution in [0.1, 0.15) is 5.69 Å². The summed E-state index contributed by atoms with van der Waals surface area (Å²) in [5.74, 6) is -0.0890. The molecular formula is C10H14BrN3O3. The minimum Gasteiger partial charge on any atom is -0.381 e. The maximum absolute atomic E-state index is 11.8. The number of likely N-dealkylation sites (N-methyl/N-ethyl adjacent to an activating group) is 1. The van der Waals surface area contributed by atoms with Crippen molar-refractivity contribution in [2.45, 2.75) is 12.1 Å². The Kier molecular flexibility index (Phi) is 3.24. The number of nitrogens with zero attached hydrogens (tertiary/aromatic N) is 3. The van der Waals surface area contributed by atoms with E-state index in [2.05, 4.69) is 21.0 Å². The monoisotopic (exact) mass is 303 g/mol. The van der Waals surface area contributed by atoms with Gasteiger partial charge in [-0.15, -0.1) is 0 Å². The molecule has 17 heavy (non-hydrogen) atoms. The van der Waals surface area contributed by atoms with Gasteiger partial charge in [0.25, 0.3) is 0 Å². The molecule has 94 valence electrons.